The predicted octanol–water partition coefficient (Wildman–Crippen LogP) is 0.945. The maximum atomic E-state index is 8.78. The van der Waals surface area contributed by atoms with E-state index < -0.39 is 0 Å². The summed E-state index contributed by atoms with van der Waals surface area (Å²) in [5.74, 6) is 0. The fraction of sp³-hybridized carbons (Fsp3) is 0.417. The molecule has 4 heteroatoms. The minimum absolute atomic E-state index is 0.0721. The van der Waals surface area contributed by atoms with Crippen molar-refractivity contribution in [3.05, 3.63) is 29.8 Å². The van der Waals surface area contributed by atoms with Crippen LogP contribution in [0.3, 0.4) is 0 Å². The Balaban J connectivity index is 1.96. The molecule has 1 heterocycles. The van der Waals surface area contributed by atoms with Crippen LogP contribution in [0, 0.1) is 16.7 Å². The smallest absolute Gasteiger partial charge is 0.0992 e. The molecule has 1 aromatic rings. The van der Waals surface area contributed by atoms with Gasteiger partial charge in [0, 0.05) is 24.2 Å². The number of anilines is 1. The molecule has 1 fully saturated rings. The highest BCUT2D eigenvalue weighted by Gasteiger charge is 2.36. The molecule has 0 amide bonds. The average Bonchev–Trinajstić information content (AvgIpc) is 2.29. The molecule has 1 aliphatic heterocycles. The lowest BCUT2D eigenvalue weighted by Crippen LogP contribution is -2.52. The average molecular weight is 217 g/mol. The van der Waals surface area contributed by atoms with Gasteiger partial charge in [0.15, 0.2) is 0 Å². The molecule has 0 atom stereocenters. The number of nitriles is 1. The molecule has 0 saturated carbocycles. The largest absolute Gasteiger partial charge is 0.384 e. The summed E-state index contributed by atoms with van der Waals surface area (Å²) in [6.07, 6.45) is 0. The van der Waals surface area contributed by atoms with Crippen molar-refractivity contribution in [3.63, 3.8) is 0 Å². The van der Waals surface area contributed by atoms with E-state index in [1.165, 1.54) is 0 Å². The summed E-state index contributed by atoms with van der Waals surface area (Å²) in [4.78, 5) is 0. The van der Waals surface area contributed by atoms with Crippen LogP contribution in [0.15, 0.2) is 24.3 Å². The number of benzene rings is 1. The topological polar surface area (TPSA) is 71.1 Å². The molecular formula is C12H15N3O. The van der Waals surface area contributed by atoms with E-state index in [2.05, 4.69) is 11.4 Å². The molecule has 0 aliphatic carbocycles. The van der Waals surface area contributed by atoms with Gasteiger partial charge in [-0.2, -0.15) is 5.26 Å². The number of nitrogens with one attached hydrogen (secondary N) is 1. The number of nitrogens with zero attached hydrogens (tertiary/aromatic N) is 1. The zero-order valence-electron chi connectivity index (χ0n) is 9.07. The molecule has 0 radical (unpaired) electrons. The minimum Gasteiger partial charge on any atom is -0.384 e. The molecule has 3 N–H and O–H groups in total. The zero-order chi connectivity index (χ0) is 11.4. The SMILES string of the molecule is N#Cc1cccc(NCC2(CN)COC2)c1. The maximum absolute atomic E-state index is 8.78. The van der Waals surface area contributed by atoms with Gasteiger partial charge < -0.3 is 15.8 Å². The van der Waals surface area contributed by atoms with Crippen molar-refractivity contribution >= 4 is 5.69 Å². The van der Waals surface area contributed by atoms with Crippen LogP contribution in [0.4, 0.5) is 5.69 Å². The van der Waals surface area contributed by atoms with Crippen molar-refractivity contribution in [2.24, 2.45) is 11.1 Å². The molecule has 4 nitrogen and oxygen atoms in total. The van der Waals surface area contributed by atoms with Crippen LogP contribution in [-0.4, -0.2) is 26.3 Å². The minimum atomic E-state index is 0.0721. The molecule has 1 aliphatic rings. The van der Waals surface area contributed by atoms with Gasteiger partial charge in [0.25, 0.3) is 0 Å². The maximum Gasteiger partial charge on any atom is 0.0992 e. The number of rotatable bonds is 4. The van der Waals surface area contributed by atoms with Gasteiger partial charge in [-0.3, -0.25) is 0 Å². The molecule has 0 unspecified atom stereocenters. The quantitative estimate of drug-likeness (QED) is 0.787. The number of hydrogen-bond donors (Lipinski definition) is 2. The van der Waals surface area contributed by atoms with E-state index in [4.69, 9.17) is 15.7 Å². The van der Waals surface area contributed by atoms with E-state index in [9.17, 15) is 0 Å². The van der Waals surface area contributed by atoms with E-state index in [0.717, 1.165) is 12.2 Å². The van der Waals surface area contributed by atoms with Crippen molar-refractivity contribution in [3.8, 4) is 6.07 Å². The van der Waals surface area contributed by atoms with Crippen molar-refractivity contribution in [1.29, 1.82) is 5.26 Å². The van der Waals surface area contributed by atoms with Crippen molar-refractivity contribution in [2.75, 3.05) is 31.6 Å². The zero-order valence-corrected chi connectivity index (χ0v) is 9.07. The first-order chi connectivity index (χ1) is 7.78. The van der Waals surface area contributed by atoms with E-state index in [0.29, 0.717) is 25.3 Å². The predicted molar refractivity (Wildman–Crippen MR) is 62.0 cm³/mol. The van der Waals surface area contributed by atoms with Gasteiger partial charge in [0.2, 0.25) is 0 Å². The summed E-state index contributed by atoms with van der Waals surface area (Å²) in [6.45, 7) is 2.85. The molecule has 1 aromatic carbocycles. The van der Waals surface area contributed by atoms with Crippen molar-refractivity contribution in [1.82, 2.24) is 0 Å². The third-order valence-electron chi connectivity index (χ3n) is 2.91. The first kappa shape index (κ1) is 10.9. The Hall–Kier alpha value is -1.57. The van der Waals surface area contributed by atoms with Crippen molar-refractivity contribution in [2.45, 2.75) is 0 Å². The molecule has 16 heavy (non-hydrogen) atoms. The second kappa shape index (κ2) is 4.52. The van der Waals surface area contributed by atoms with Gasteiger partial charge in [-0.15, -0.1) is 0 Å². The van der Waals surface area contributed by atoms with Gasteiger partial charge in [-0.05, 0) is 18.2 Å². The van der Waals surface area contributed by atoms with Crippen LogP contribution < -0.4 is 11.1 Å². The van der Waals surface area contributed by atoms with Gasteiger partial charge in [-0.1, -0.05) is 6.07 Å². The summed E-state index contributed by atoms with van der Waals surface area (Å²) < 4.78 is 5.19. The van der Waals surface area contributed by atoms with E-state index >= 15 is 0 Å². The lowest BCUT2D eigenvalue weighted by Gasteiger charge is -2.40. The molecule has 1 saturated heterocycles. The normalized spacial score (nSPS) is 17.2. The summed E-state index contributed by atoms with van der Waals surface area (Å²) in [7, 11) is 0. The summed E-state index contributed by atoms with van der Waals surface area (Å²) in [5.41, 5.74) is 7.41. The Labute approximate surface area is 95.0 Å². The Kier molecular flexibility index (Phi) is 3.09. The summed E-state index contributed by atoms with van der Waals surface area (Å²) in [6, 6.07) is 9.56. The molecule has 0 aromatic heterocycles. The molecule has 0 spiro atoms. The molecule has 0 bridgehead atoms. The van der Waals surface area contributed by atoms with Crippen LogP contribution in [-0.2, 0) is 4.74 Å². The highest BCUT2D eigenvalue weighted by molar-refractivity contribution is 5.49. The number of nitrogens with two attached hydrogens (primary N) is 1. The summed E-state index contributed by atoms with van der Waals surface area (Å²) in [5, 5.41) is 12.1. The Morgan fingerprint density at radius 3 is 2.88 bits per heavy atom. The van der Waals surface area contributed by atoms with Gasteiger partial charge in [0.05, 0.1) is 24.8 Å². The van der Waals surface area contributed by atoms with E-state index in [-0.39, 0.29) is 5.41 Å². The molecule has 84 valence electrons. The van der Waals surface area contributed by atoms with Crippen LogP contribution >= 0.6 is 0 Å². The fourth-order valence-corrected chi connectivity index (χ4v) is 1.67. The Morgan fingerprint density at radius 1 is 1.50 bits per heavy atom. The second-order valence-electron chi connectivity index (χ2n) is 4.24. The Bertz CT molecular complexity index is 401. The first-order valence-electron chi connectivity index (χ1n) is 5.30. The number of hydrogen-bond acceptors (Lipinski definition) is 4. The fourth-order valence-electron chi connectivity index (χ4n) is 1.67. The van der Waals surface area contributed by atoms with Crippen LogP contribution in [0.25, 0.3) is 0 Å². The highest BCUT2D eigenvalue weighted by Crippen LogP contribution is 2.26. The third-order valence-corrected chi connectivity index (χ3v) is 2.91. The number of ether oxygens (including phenoxy) is 1. The van der Waals surface area contributed by atoms with Gasteiger partial charge in [0.1, 0.15) is 0 Å². The third kappa shape index (κ3) is 2.16. The molecule has 2 rings (SSSR count). The van der Waals surface area contributed by atoms with E-state index in [1.54, 1.807) is 6.07 Å². The lowest BCUT2D eigenvalue weighted by atomic mass is 9.86. The first-order valence-corrected chi connectivity index (χ1v) is 5.30. The monoisotopic (exact) mass is 217 g/mol. The lowest BCUT2D eigenvalue weighted by molar-refractivity contribution is -0.0979. The van der Waals surface area contributed by atoms with Gasteiger partial charge >= 0.3 is 0 Å². The van der Waals surface area contributed by atoms with E-state index in [1.807, 2.05) is 18.2 Å². The Morgan fingerprint density at radius 2 is 2.31 bits per heavy atom. The molecular weight excluding hydrogens is 202 g/mol. The van der Waals surface area contributed by atoms with Crippen LogP contribution in [0.2, 0.25) is 0 Å². The van der Waals surface area contributed by atoms with Gasteiger partial charge in [-0.25, -0.2) is 0 Å². The van der Waals surface area contributed by atoms with Crippen LogP contribution in [0.5, 0.6) is 0 Å². The van der Waals surface area contributed by atoms with Crippen LogP contribution in [0.1, 0.15) is 5.56 Å². The second-order valence-corrected chi connectivity index (χ2v) is 4.24. The highest BCUT2D eigenvalue weighted by atomic mass is 16.5. The van der Waals surface area contributed by atoms with Crippen molar-refractivity contribution < 1.29 is 4.74 Å². The standard InChI is InChI=1S/C12H15N3O/c13-5-10-2-1-3-11(4-10)15-7-12(6-14)8-16-9-12/h1-4,15H,6-9,14H2. The summed E-state index contributed by atoms with van der Waals surface area (Å²) >= 11 is 0.